The van der Waals surface area contributed by atoms with Gasteiger partial charge in [-0.3, -0.25) is 4.79 Å². The summed E-state index contributed by atoms with van der Waals surface area (Å²) in [4.78, 5) is 12.6. The van der Waals surface area contributed by atoms with Crippen LogP contribution in [0.4, 0.5) is 0 Å². The number of nitrogens with two attached hydrogens (primary N) is 1. The van der Waals surface area contributed by atoms with E-state index in [2.05, 4.69) is 26.1 Å². The fourth-order valence-electron chi connectivity index (χ4n) is 2.41. The average Bonchev–Trinajstić information content (AvgIpc) is 2.58. The van der Waals surface area contributed by atoms with Gasteiger partial charge in [-0.1, -0.05) is 27.2 Å². The molecule has 1 unspecified atom stereocenters. The summed E-state index contributed by atoms with van der Waals surface area (Å²) in [5.74, 6) is -0.209. The van der Waals surface area contributed by atoms with Crippen molar-refractivity contribution in [3.63, 3.8) is 0 Å². The van der Waals surface area contributed by atoms with Crippen molar-refractivity contribution in [1.29, 1.82) is 0 Å². The molecule has 0 aromatic carbocycles. The van der Waals surface area contributed by atoms with Crippen molar-refractivity contribution in [3.05, 3.63) is 0 Å². The van der Waals surface area contributed by atoms with Gasteiger partial charge in [-0.15, -0.1) is 0 Å². The molecular weight excluding hydrogens is 360 g/mol. The first kappa shape index (κ1) is 27.3. The molecule has 0 fully saturated rings. The summed E-state index contributed by atoms with van der Waals surface area (Å²) in [6.45, 7) is 15.7. The standard InChI is InChI=1S/C21H44N2O5/c1-9-20(6,7)10-11-26-18(22)12-19(24)23-21(13-25-8,14-27-16(2)3)15-28-17(4)5/h16-18H,9-15,22H2,1-8H3,(H,23,24). The van der Waals surface area contributed by atoms with Crippen molar-refractivity contribution >= 4 is 5.91 Å². The molecule has 0 radical (unpaired) electrons. The van der Waals surface area contributed by atoms with Crippen LogP contribution in [0.3, 0.4) is 0 Å². The Balaban J connectivity index is 4.81. The molecule has 1 amide bonds. The van der Waals surface area contributed by atoms with Gasteiger partial charge in [0.25, 0.3) is 0 Å². The van der Waals surface area contributed by atoms with Crippen molar-refractivity contribution in [2.75, 3.05) is 33.5 Å². The van der Waals surface area contributed by atoms with E-state index in [-0.39, 0.29) is 49.8 Å². The van der Waals surface area contributed by atoms with E-state index in [0.717, 1.165) is 12.8 Å². The highest BCUT2D eigenvalue weighted by Gasteiger charge is 2.34. The van der Waals surface area contributed by atoms with Crippen LogP contribution in [0.1, 0.15) is 67.7 Å². The minimum absolute atomic E-state index is 0.0275. The van der Waals surface area contributed by atoms with E-state index in [1.54, 1.807) is 7.11 Å². The molecule has 0 aromatic rings. The Kier molecular flexibility index (Phi) is 13.1. The Bertz CT molecular complexity index is 415. The lowest BCUT2D eigenvalue weighted by molar-refractivity contribution is -0.131. The quantitative estimate of drug-likeness (QED) is 0.384. The average molecular weight is 405 g/mol. The second-order valence-electron chi connectivity index (χ2n) is 8.86. The van der Waals surface area contributed by atoms with Crippen LogP contribution in [0.2, 0.25) is 0 Å². The summed E-state index contributed by atoms with van der Waals surface area (Å²) in [6.07, 6.45) is 1.44. The minimum atomic E-state index is -0.774. The van der Waals surface area contributed by atoms with E-state index < -0.39 is 11.8 Å². The van der Waals surface area contributed by atoms with Gasteiger partial charge in [0.15, 0.2) is 0 Å². The summed E-state index contributed by atoms with van der Waals surface area (Å²) in [5.41, 5.74) is 5.44. The number of ether oxygens (including phenoxy) is 4. The maximum Gasteiger partial charge on any atom is 0.224 e. The zero-order valence-electron chi connectivity index (χ0n) is 19.3. The summed E-state index contributed by atoms with van der Waals surface area (Å²) >= 11 is 0. The molecule has 3 N–H and O–H groups in total. The highest BCUT2D eigenvalue weighted by Crippen LogP contribution is 2.24. The molecule has 0 rings (SSSR count). The number of methoxy groups -OCH3 is 1. The first-order chi connectivity index (χ1) is 12.9. The van der Waals surface area contributed by atoms with Crippen molar-refractivity contribution in [2.45, 2.75) is 91.7 Å². The van der Waals surface area contributed by atoms with Gasteiger partial charge in [-0.25, -0.2) is 0 Å². The third kappa shape index (κ3) is 12.7. The van der Waals surface area contributed by atoms with Crippen LogP contribution in [-0.2, 0) is 23.7 Å². The van der Waals surface area contributed by atoms with Gasteiger partial charge < -0.3 is 30.0 Å². The van der Waals surface area contributed by atoms with Crippen LogP contribution >= 0.6 is 0 Å². The number of amides is 1. The Labute approximate surface area is 172 Å². The van der Waals surface area contributed by atoms with Gasteiger partial charge in [0.05, 0.1) is 38.4 Å². The third-order valence-corrected chi connectivity index (χ3v) is 4.67. The Morgan fingerprint density at radius 1 is 1.00 bits per heavy atom. The normalized spacial score (nSPS) is 14.0. The van der Waals surface area contributed by atoms with Crippen LogP contribution in [0.15, 0.2) is 0 Å². The van der Waals surface area contributed by atoms with Crippen LogP contribution in [0.25, 0.3) is 0 Å². The van der Waals surface area contributed by atoms with Crippen molar-refractivity contribution < 1.29 is 23.7 Å². The van der Waals surface area contributed by atoms with Crippen molar-refractivity contribution in [3.8, 4) is 0 Å². The van der Waals surface area contributed by atoms with Gasteiger partial charge in [0.1, 0.15) is 11.8 Å². The van der Waals surface area contributed by atoms with Crippen molar-refractivity contribution in [1.82, 2.24) is 5.32 Å². The molecule has 0 heterocycles. The predicted molar refractivity (Wildman–Crippen MR) is 112 cm³/mol. The predicted octanol–water partition coefficient (Wildman–Crippen LogP) is 2.86. The van der Waals surface area contributed by atoms with E-state index >= 15 is 0 Å². The first-order valence-electron chi connectivity index (χ1n) is 10.4. The number of rotatable bonds is 16. The zero-order valence-corrected chi connectivity index (χ0v) is 19.3. The van der Waals surface area contributed by atoms with Crippen LogP contribution in [0, 0.1) is 5.41 Å². The number of hydrogen-bond donors (Lipinski definition) is 2. The Morgan fingerprint density at radius 2 is 1.54 bits per heavy atom. The van der Waals surface area contributed by atoms with Gasteiger partial charge in [-0.2, -0.15) is 0 Å². The highest BCUT2D eigenvalue weighted by molar-refractivity contribution is 5.77. The molecule has 0 aliphatic heterocycles. The van der Waals surface area contributed by atoms with Gasteiger partial charge in [0.2, 0.25) is 5.91 Å². The van der Waals surface area contributed by atoms with Crippen molar-refractivity contribution in [2.24, 2.45) is 11.1 Å². The maximum atomic E-state index is 12.6. The number of hydrogen-bond acceptors (Lipinski definition) is 6. The molecule has 0 aliphatic rings. The van der Waals surface area contributed by atoms with Gasteiger partial charge in [-0.05, 0) is 39.5 Å². The summed E-state index contributed by atoms with van der Waals surface area (Å²) < 4.78 is 22.6. The lowest BCUT2D eigenvalue weighted by Crippen LogP contribution is -2.59. The van der Waals surface area contributed by atoms with E-state index in [0.29, 0.717) is 6.61 Å². The van der Waals surface area contributed by atoms with Gasteiger partial charge in [0, 0.05) is 13.7 Å². The molecule has 0 aliphatic carbocycles. The fraction of sp³-hybridized carbons (Fsp3) is 0.952. The lowest BCUT2D eigenvalue weighted by atomic mass is 9.87. The molecule has 0 bridgehead atoms. The summed E-state index contributed by atoms with van der Waals surface area (Å²) in [7, 11) is 1.59. The number of carbonyl (C=O) groups is 1. The van der Waals surface area contributed by atoms with E-state index in [9.17, 15) is 4.79 Å². The summed E-state index contributed by atoms with van der Waals surface area (Å²) in [5, 5.41) is 3.02. The van der Waals surface area contributed by atoms with Crippen LogP contribution in [-0.4, -0.2) is 63.4 Å². The van der Waals surface area contributed by atoms with E-state index in [1.807, 2.05) is 27.7 Å². The molecule has 0 saturated heterocycles. The maximum absolute atomic E-state index is 12.6. The molecule has 1 atom stereocenters. The largest absolute Gasteiger partial charge is 0.382 e. The SMILES string of the molecule is CCC(C)(C)CCOC(N)CC(=O)NC(COC)(COC(C)C)COC(C)C. The van der Waals surface area contributed by atoms with E-state index in [1.165, 1.54) is 0 Å². The second-order valence-corrected chi connectivity index (χ2v) is 8.86. The molecule has 0 aromatic heterocycles. The minimum Gasteiger partial charge on any atom is -0.382 e. The zero-order chi connectivity index (χ0) is 21.8. The molecule has 0 saturated carbocycles. The smallest absolute Gasteiger partial charge is 0.224 e. The fourth-order valence-corrected chi connectivity index (χ4v) is 2.41. The molecular formula is C21H44N2O5. The number of nitrogens with one attached hydrogen (secondary N) is 1. The third-order valence-electron chi connectivity index (χ3n) is 4.67. The first-order valence-corrected chi connectivity index (χ1v) is 10.4. The lowest BCUT2D eigenvalue weighted by Gasteiger charge is -2.35. The van der Waals surface area contributed by atoms with Crippen LogP contribution < -0.4 is 11.1 Å². The molecule has 28 heavy (non-hydrogen) atoms. The topological polar surface area (TPSA) is 92.0 Å². The summed E-state index contributed by atoms with van der Waals surface area (Å²) in [6, 6.07) is 0. The monoisotopic (exact) mass is 404 g/mol. The highest BCUT2D eigenvalue weighted by atomic mass is 16.5. The molecule has 7 heteroatoms. The number of carbonyl (C=O) groups excluding carboxylic acids is 1. The molecule has 0 spiro atoms. The second kappa shape index (κ2) is 13.5. The van der Waals surface area contributed by atoms with E-state index in [4.69, 9.17) is 24.7 Å². The molecule has 7 nitrogen and oxygen atoms in total. The Morgan fingerprint density at radius 3 is 1.96 bits per heavy atom. The Hall–Kier alpha value is -0.730. The molecule has 168 valence electrons. The van der Waals surface area contributed by atoms with Gasteiger partial charge >= 0.3 is 0 Å². The van der Waals surface area contributed by atoms with Crippen LogP contribution in [0.5, 0.6) is 0 Å².